The zero-order valence-corrected chi connectivity index (χ0v) is 8.23. The van der Waals surface area contributed by atoms with Gasteiger partial charge in [0.05, 0.1) is 16.6 Å². The molecule has 0 saturated carbocycles. The van der Waals surface area contributed by atoms with Crippen molar-refractivity contribution < 1.29 is 14.4 Å². The van der Waals surface area contributed by atoms with Crippen molar-refractivity contribution in [2.75, 3.05) is 0 Å². The first kappa shape index (κ1) is 9.64. The van der Waals surface area contributed by atoms with E-state index in [1.165, 1.54) is 6.20 Å². The fourth-order valence-corrected chi connectivity index (χ4v) is 1.41. The molecule has 15 heavy (non-hydrogen) atoms. The molecule has 2 aromatic heterocycles. The first-order valence-corrected chi connectivity index (χ1v) is 4.70. The maximum absolute atomic E-state index is 10.7. The van der Waals surface area contributed by atoms with Gasteiger partial charge in [0.15, 0.2) is 0 Å². The van der Waals surface area contributed by atoms with E-state index in [-0.39, 0.29) is 5.56 Å². The van der Waals surface area contributed by atoms with Gasteiger partial charge in [-0.1, -0.05) is 18.5 Å². The highest BCUT2D eigenvalue weighted by Crippen LogP contribution is 2.18. The van der Waals surface area contributed by atoms with Crippen molar-refractivity contribution in [2.24, 2.45) is 0 Å². The summed E-state index contributed by atoms with van der Waals surface area (Å²) in [6.07, 6.45) is 2.96. The molecule has 2 rings (SSSR count). The minimum Gasteiger partial charge on any atom is -0.478 e. The van der Waals surface area contributed by atoms with Gasteiger partial charge in [0, 0.05) is 6.20 Å². The van der Waals surface area contributed by atoms with Crippen LogP contribution in [0, 0.1) is 0 Å². The van der Waals surface area contributed by atoms with Crippen molar-refractivity contribution in [1.82, 2.24) is 10.1 Å². The summed E-state index contributed by atoms with van der Waals surface area (Å²) in [4.78, 5) is 14.6. The number of pyridine rings is 1. The number of carboxylic acids is 1. The van der Waals surface area contributed by atoms with E-state index >= 15 is 0 Å². The third-order valence-electron chi connectivity index (χ3n) is 2.14. The lowest BCUT2D eigenvalue weighted by Gasteiger charge is -1.94. The van der Waals surface area contributed by atoms with E-state index in [1.807, 2.05) is 6.92 Å². The Morgan fingerprint density at radius 1 is 1.60 bits per heavy atom. The second-order valence-corrected chi connectivity index (χ2v) is 3.26. The maximum atomic E-state index is 10.7. The van der Waals surface area contributed by atoms with Crippen molar-refractivity contribution in [3.05, 3.63) is 23.5 Å². The topological polar surface area (TPSA) is 76.2 Å². The molecule has 0 aliphatic heterocycles. The molecule has 0 radical (unpaired) electrons. The fraction of sp³-hybridized carbons (Fsp3) is 0.300. The summed E-state index contributed by atoms with van der Waals surface area (Å²) in [6, 6.07) is 1.55. The number of aryl methyl sites for hydroxylation is 1. The van der Waals surface area contributed by atoms with Crippen LogP contribution in [0.1, 0.15) is 29.4 Å². The average molecular weight is 206 g/mol. The predicted molar refractivity (Wildman–Crippen MR) is 52.8 cm³/mol. The monoisotopic (exact) mass is 206 g/mol. The standard InChI is InChI=1S/C10H10N2O3/c1-2-3-8-7-4-6(10(13)14)5-11-9(7)15-12-8/h4-5H,2-3H2,1H3,(H,13,14). The van der Waals surface area contributed by atoms with Crippen LogP contribution in [0.15, 0.2) is 16.8 Å². The van der Waals surface area contributed by atoms with Crippen LogP contribution < -0.4 is 0 Å². The summed E-state index contributed by atoms with van der Waals surface area (Å²) in [5.74, 6) is -0.993. The van der Waals surface area contributed by atoms with Crippen LogP contribution in [0.4, 0.5) is 0 Å². The largest absolute Gasteiger partial charge is 0.478 e. The average Bonchev–Trinajstić information content (AvgIpc) is 2.61. The Morgan fingerprint density at radius 2 is 2.40 bits per heavy atom. The van der Waals surface area contributed by atoms with Crippen LogP contribution in [-0.4, -0.2) is 21.2 Å². The summed E-state index contributed by atoms with van der Waals surface area (Å²) in [5.41, 5.74) is 1.31. The van der Waals surface area contributed by atoms with Gasteiger partial charge in [-0.25, -0.2) is 9.78 Å². The Balaban J connectivity index is 2.56. The molecule has 0 amide bonds. The van der Waals surface area contributed by atoms with Gasteiger partial charge in [0.1, 0.15) is 0 Å². The van der Waals surface area contributed by atoms with Crippen molar-refractivity contribution >= 4 is 17.1 Å². The Kier molecular flexibility index (Phi) is 2.37. The molecule has 5 heteroatoms. The Hall–Kier alpha value is -1.91. The highest BCUT2D eigenvalue weighted by molar-refractivity contribution is 5.91. The van der Waals surface area contributed by atoms with Gasteiger partial charge in [-0.3, -0.25) is 0 Å². The molecule has 1 N–H and O–H groups in total. The van der Waals surface area contributed by atoms with Crippen molar-refractivity contribution in [1.29, 1.82) is 0 Å². The molecule has 2 heterocycles. The van der Waals surface area contributed by atoms with E-state index in [0.29, 0.717) is 11.1 Å². The molecule has 0 atom stereocenters. The van der Waals surface area contributed by atoms with Crippen LogP contribution in [0.3, 0.4) is 0 Å². The lowest BCUT2D eigenvalue weighted by molar-refractivity contribution is 0.0696. The Morgan fingerprint density at radius 3 is 3.07 bits per heavy atom. The van der Waals surface area contributed by atoms with Gasteiger partial charge in [-0.15, -0.1) is 0 Å². The van der Waals surface area contributed by atoms with Crippen LogP contribution in [0.25, 0.3) is 11.1 Å². The minimum absolute atomic E-state index is 0.156. The summed E-state index contributed by atoms with van der Waals surface area (Å²) in [7, 11) is 0. The zero-order valence-electron chi connectivity index (χ0n) is 8.23. The molecule has 78 valence electrons. The molecule has 0 unspecified atom stereocenters. The number of carbonyl (C=O) groups is 1. The molecule has 2 aromatic rings. The summed E-state index contributed by atoms with van der Waals surface area (Å²) in [6.45, 7) is 2.02. The van der Waals surface area contributed by atoms with Crippen molar-refractivity contribution in [3.63, 3.8) is 0 Å². The van der Waals surface area contributed by atoms with Crippen molar-refractivity contribution in [3.8, 4) is 0 Å². The highest BCUT2D eigenvalue weighted by atomic mass is 16.5. The highest BCUT2D eigenvalue weighted by Gasteiger charge is 2.11. The van der Waals surface area contributed by atoms with Gasteiger partial charge < -0.3 is 9.63 Å². The van der Waals surface area contributed by atoms with Crippen LogP contribution >= 0.6 is 0 Å². The molecule has 0 aromatic carbocycles. The van der Waals surface area contributed by atoms with Gasteiger partial charge in [0.2, 0.25) is 0 Å². The first-order chi connectivity index (χ1) is 7.22. The summed E-state index contributed by atoms with van der Waals surface area (Å²) >= 11 is 0. The second kappa shape index (κ2) is 3.68. The Labute approximate surface area is 85.7 Å². The molecule has 0 fully saturated rings. The number of carboxylic acid groups (broad SMARTS) is 1. The number of nitrogens with zero attached hydrogens (tertiary/aromatic N) is 2. The minimum atomic E-state index is -0.993. The van der Waals surface area contributed by atoms with E-state index < -0.39 is 5.97 Å². The van der Waals surface area contributed by atoms with Crippen LogP contribution in [0.2, 0.25) is 0 Å². The molecular formula is C10H10N2O3. The van der Waals surface area contributed by atoms with E-state index in [4.69, 9.17) is 9.63 Å². The summed E-state index contributed by atoms with van der Waals surface area (Å²) in [5, 5.41) is 13.4. The van der Waals surface area contributed by atoms with Gasteiger partial charge in [0.25, 0.3) is 5.71 Å². The third kappa shape index (κ3) is 1.68. The normalized spacial score (nSPS) is 10.7. The fourth-order valence-electron chi connectivity index (χ4n) is 1.41. The van der Waals surface area contributed by atoms with Gasteiger partial charge in [-0.05, 0) is 12.5 Å². The number of aromatic carboxylic acids is 1. The predicted octanol–water partition coefficient (Wildman–Crippen LogP) is 1.87. The lowest BCUT2D eigenvalue weighted by atomic mass is 10.1. The molecular weight excluding hydrogens is 196 g/mol. The van der Waals surface area contributed by atoms with Gasteiger partial charge >= 0.3 is 5.97 Å². The molecule has 0 bridgehead atoms. The lowest BCUT2D eigenvalue weighted by Crippen LogP contribution is -1.96. The molecule has 0 spiro atoms. The Bertz CT molecular complexity index is 504. The van der Waals surface area contributed by atoms with E-state index in [2.05, 4.69) is 10.1 Å². The van der Waals surface area contributed by atoms with Crippen LogP contribution in [-0.2, 0) is 6.42 Å². The van der Waals surface area contributed by atoms with E-state index in [9.17, 15) is 4.79 Å². The number of rotatable bonds is 3. The number of hydrogen-bond acceptors (Lipinski definition) is 4. The molecule has 0 aliphatic carbocycles. The number of hydrogen-bond donors (Lipinski definition) is 1. The SMILES string of the molecule is CCCc1noc2ncc(C(=O)O)cc12. The quantitative estimate of drug-likeness (QED) is 0.829. The van der Waals surface area contributed by atoms with E-state index in [0.717, 1.165) is 18.5 Å². The third-order valence-corrected chi connectivity index (χ3v) is 2.14. The number of aromatic nitrogens is 2. The summed E-state index contributed by atoms with van der Waals surface area (Å²) < 4.78 is 4.98. The first-order valence-electron chi connectivity index (χ1n) is 4.70. The van der Waals surface area contributed by atoms with Crippen molar-refractivity contribution in [2.45, 2.75) is 19.8 Å². The smallest absolute Gasteiger partial charge is 0.337 e. The van der Waals surface area contributed by atoms with E-state index in [1.54, 1.807) is 6.07 Å². The maximum Gasteiger partial charge on any atom is 0.337 e. The molecule has 0 saturated heterocycles. The molecule has 5 nitrogen and oxygen atoms in total. The second-order valence-electron chi connectivity index (χ2n) is 3.26. The van der Waals surface area contributed by atoms with Gasteiger partial charge in [-0.2, -0.15) is 0 Å². The molecule has 0 aliphatic rings. The van der Waals surface area contributed by atoms with Crippen LogP contribution in [0.5, 0.6) is 0 Å². The zero-order chi connectivity index (χ0) is 10.8. The number of fused-ring (bicyclic) bond motifs is 1.